The second-order valence-electron chi connectivity index (χ2n) is 5.08. The lowest BCUT2D eigenvalue weighted by Crippen LogP contribution is -2.39. The Balaban J connectivity index is 2.34. The second-order valence-corrected chi connectivity index (χ2v) is 5.08. The van der Waals surface area contributed by atoms with Crippen molar-refractivity contribution in [1.29, 1.82) is 0 Å². The number of nitrogens with one attached hydrogen (secondary N) is 1. The van der Waals surface area contributed by atoms with Crippen LogP contribution in [0.3, 0.4) is 0 Å². The monoisotopic (exact) mass is 264 g/mol. The average molecular weight is 264 g/mol. The number of hydrogen-bond acceptors (Lipinski definition) is 6. The number of primary amides is 1. The molecular weight excluding hydrogens is 244 g/mol. The van der Waals surface area contributed by atoms with Crippen LogP contribution in [0.1, 0.15) is 38.4 Å². The van der Waals surface area contributed by atoms with E-state index in [0.29, 0.717) is 17.6 Å². The number of nitrogen functional groups attached to an aromatic ring is 1. The van der Waals surface area contributed by atoms with Crippen LogP contribution in [-0.2, 0) is 4.79 Å². The molecule has 0 bridgehead atoms. The van der Waals surface area contributed by atoms with Gasteiger partial charge in [-0.3, -0.25) is 4.79 Å². The number of anilines is 2. The Hall–Kier alpha value is -1.89. The first-order valence-electron chi connectivity index (χ1n) is 6.41. The highest BCUT2D eigenvalue weighted by atomic mass is 16.1. The Morgan fingerprint density at radius 3 is 2.68 bits per heavy atom. The van der Waals surface area contributed by atoms with Gasteiger partial charge in [-0.25, -0.2) is 15.8 Å². The largest absolute Gasteiger partial charge is 0.368 e. The summed E-state index contributed by atoms with van der Waals surface area (Å²) in [6, 6.07) is 1.84. The first-order chi connectivity index (χ1) is 9.01. The maximum Gasteiger partial charge on any atom is 0.237 e. The molecule has 0 atom stereocenters. The number of carbonyl (C=O) groups excluding carboxylic acids is 1. The predicted octanol–water partition coefficient (Wildman–Crippen LogP) is 0.340. The molecule has 0 spiro atoms. The maximum absolute atomic E-state index is 11.2. The van der Waals surface area contributed by atoms with E-state index in [0.717, 1.165) is 18.7 Å². The van der Waals surface area contributed by atoms with Crippen molar-refractivity contribution in [2.24, 2.45) is 11.6 Å². The summed E-state index contributed by atoms with van der Waals surface area (Å²) in [4.78, 5) is 21.9. The van der Waals surface area contributed by atoms with E-state index in [-0.39, 0.29) is 18.5 Å². The average Bonchev–Trinajstić information content (AvgIpc) is 3.19. The zero-order chi connectivity index (χ0) is 14.0. The van der Waals surface area contributed by atoms with Crippen molar-refractivity contribution in [2.75, 3.05) is 16.9 Å². The number of amides is 1. The van der Waals surface area contributed by atoms with E-state index in [4.69, 9.17) is 11.6 Å². The van der Waals surface area contributed by atoms with Gasteiger partial charge in [0.05, 0.1) is 6.54 Å². The van der Waals surface area contributed by atoms with Gasteiger partial charge in [0, 0.05) is 18.0 Å². The lowest BCUT2D eigenvalue weighted by molar-refractivity contribution is -0.116. The number of nitrogens with two attached hydrogens (primary N) is 2. The van der Waals surface area contributed by atoms with Gasteiger partial charge in [-0.15, -0.1) is 0 Å². The molecule has 1 aliphatic carbocycles. The molecule has 1 amide bonds. The molecule has 7 nitrogen and oxygen atoms in total. The lowest BCUT2D eigenvalue weighted by Gasteiger charge is -2.27. The fourth-order valence-corrected chi connectivity index (χ4v) is 1.89. The second kappa shape index (κ2) is 5.40. The van der Waals surface area contributed by atoms with Crippen LogP contribution in [0.5, 0.6) is 0 Å². The van der Waals surface area contributed by atoms with Crippen LogP contribution in [0.4, 0.5) is 11.6 Å². The number of carbonyl (C=O) groups is 1. The molecule has 19 heavy (non-hydrogen) atoms. The fourth-order valence-electron chi connectivity index (χ4n) is 1.89. The predicted molar refractivity (Wildman–Crippen MR) is 73.5 cm³/mol. The van der Waals surface area contributed by atoms with Gasteiger partial charge in [0.25, 0.3) is 0 Å². The standard InChI is InChI=1S/C12H20N6O/c1-7(2)18(6-9(13)19)11-5-10(17-14)15-12(16-11)8-3-4-8/h5,7-8H,3-4,6,14H2,1-2H3,(H2,13,19)(H,15,16,17). The van der Waals surface area contributed by atoms with E-state index in [9.17, 15) is 4.79 Å². The molecule has 7 heteroatoms. The summed E-state index contributed by atoms with van der Waals surface area (Å²) < 4.78 is 0. The minimum atomic E-state index is -0.387. The van der Waals surface area contributed by atoms with Crippen molar-refractivity contribution < 1.29 is 4.79 Å². The quantitative estimate of drug-likeness (QED) is 0.505. The minimum absolute atomic E-state index is 0.111. The van der Waals surface area contributed by atoms with E-state index in [1.54, 1.807) is 6.07 Å². The summed E-state index contributed by atoms with van der Waals surface area (Å²) in [5.74, 6) is 7.48. The summed E-state index contributed by atoms with van der Waals surface area (Å²) >= 11 is 0. The molecule has 2 rings (SSSR count). The SMILES string of the molecule is CC(C)N(CC(N)=O)c1cc(NN)nc(C2CC2)n1. The fraction of sp³-hybridized carbons (Fsp3) is 0.583. The van der Waals surface area contributed by atoms with Crippen LogP contribution >= 0.6 is 0 Å². The molecule has 0 aliphatic heterocycles. The molecule has 1 aromatic rings. The molecule has 0 unspecified atom stereocenters. The van der Waals surface area contributed by atoms with Gasteiger partial charge >= 0.3 is 0 Å². The van der Waals surface area contributed by atoms with Crippen molar-refractivity contribution >= 4 is 17.5 Å². The van der Waals surface area contributed by atoms with Gasteiger partial charge in [0.1, 0.15) is 17.5 Å². The summed E-state index contributed by atoms with van der Waals surface area (Å²) in [7, 11) is 0. The Morgan fingerprint density at radius 1 is 1.53 bits per heavy atom. The van der Waals surface area contributed by atoms with Crippen LogP contribution in [0.15, 0.2) is 6.07 Å². The highest BCUT2D eigenvalue weighted by Crippen LogP contribution is 2.39. The first-order valence-corrected chi connectivity index (χ1v) is 6.41. The van der Waals surface area contributed by atoms with Crippen molar-refractivity contribution in [2.45, 2.75) is 38.6 Å². The Kier molecular flexibility index (Phi) is 3.84. The maximum atomic E-state index is 11.2. The van der Waals surface area contributed by atoms with E-state index < -0.39 is 0 Å². The normalized spacial score (nSPS) is 14.5. The van der Waals surface area contributed by atoms with Crippen LogP contribution in [0.25, 0.3) is 0 Å². The number of nitrogens with zero attached hydrogens (tertiary/aromatic N) is 3. The highest BCUT2D eigenvalue weighted by Gasteiger charge is 2.28. The zero-order valence-electron chi connectivity index (χ0n) is 11.3. The number of aromatic nitrogens is 2. The first kappa shape index (κ1) is 13.5. The van der Waals surface area contributed by atoms with E-state index in [2.05, 4.69) is 15.4 Å². The third-order valence-corrected chi connectivity index (χ3v) is 3.06. The van der Waals surface area contributed by atoms with Gasteiger partial charge < -0.3 is 16.1 Å². The van der Waals surface area contributed by atoms with Gasteiger partial charge in [-0.05, 0) is 26.7 Å². The van der Waals surface area contributed by atoms with Gasteiger partial charge in [0.2, 0.25) is 5.91 Å². The molecule has 1 heterocycles. The van der Waals surface area contributed by atoms with Gasteiger partial charge in [-0.1, -0.05) is 0 Å². The molecule has 1 saturated carbocycles. The van der Waals surface area contributed by atoms with Gasteiger partial charge in [-0.2, -0.15) is 0 Å². The van der Waals surface area contributed by atoms with Crippen LogP contribution in [0.2, 0.25) is 0 Å². The summed E-state index contributed by atoms with van der Waals surface area (Å²) in [5, 5.41) is 0. The minimum Gasteiger partial charge on any atom is -0.368 e. The molecule has 0 aromatic carbocycles. The molecule has 5 N–H and O–H groups in total. The van der Waals surface area contributed by atoms with Crippen molar-refractivity contribution in [3.8, 4) is 0 Å². The van der Waals surface area contributed by atoms with Gasteiger partial charge in [0.15, 0.2) is 0 Å². The molecule has 104 valence electrons. The number of hydrazine groups is 1. The molecule has 1 fully saturated rings. The van der Waals surface area contributed by atoms with E-state index in [1.165, 1.54) is 0 Å². The number of rotatable bonds is 6. The molecule has 1 aromatic heterocycles. The topological polar surface area (TPSA) is 110 Å². The Bertz CT molecular complexity index is 471. The third kappa shape index (κ3) is 3.31. The van der Waals surface area contributed by atoms with Crippen LogP contribution in [0, 0.1) is 0 Å². The molecule has 1 aliphatic rings. The molecular formula is C12H20N6O. The Labute approximate surface area is 112 Å². The summed E-state index contributed by atoms with van der Waals surface area (Å²) in [6.07, 6.45) is 2.20. The molecule has 0 radical (unpaired) electrons. The van der Waals surface area contributed by atoms with Crippen molar-refractivity contribution in [3.63, 3.8) is 0 Å². The van der Waals surface area contributed by atoms with Crippen molar-refractivity contribution in [3.05, 3.63) is 11.9 Å². The van der Waals surface area contributed by atoms with Crippen LogP contribution in [-0.4, -0.2) is 28.5 Å². The summed E-state index contributed by atoms with van der Waals surface area (Å²) in [5.41, 5.74) is 7.83. The highest BCUT2D eigenvalue weighted by molar-refractivity contribution is 5.79. The third-order valence-electron chi connectivity index (χ3n) is 3.06. The van der Waals surface area contributed by atoms with Crippen molar-refractivity contribution in [1.82, 2.24) is 9.97 Å². The smallest absolute Gasteiger partial charge is 0.237 e. The zero-order valence-corrected chi connectivity index (χ0v) is 11.3. The Morgan fingerprint density at radius 2 is 2.21 bits per heavy atom. The van der Waals surface area contributed by atoms with E-state index in [1.807, 2.05) is 18.7 Å². The lowest BCUT2D eigenvalue weighted by atomic mass is 10.3. The summed E-state index contributed by atoms with van der Waals surface area (Å²) in [6.45, 7) is 4.09. The number of hydrogen-bond donors (Lipinski definition) is 3. The van der Waals surface area contributed by atoms with Crippen LogP contribution < -0.4 is 21.9 Å². The van der Waals surface area contributed by atoms with E-state index >= 15 is 0 Å². The molecule has 0 saturated heterocycles.